The Bertz CT molecular complexity index is 389. The van der Waals surface area contributed by atoms with Crippen molar-refractivity contribution in [1.82, 2.24) is 9.97 Å². The highest BCUT2D eigenvalue weighted by Crippen LogP contribution is 2.24. The topological polar surface area (TPSA) is 67.3 Å². The van der Waals surface area contributed by atoms with Gasteiger partial charge in [0.25, 0.3) is 0 Å². The third kappa shape index (κ3) is 2.73. The maximum absolute atomic E-state index is 9.56. The molecule has 0 radical (unpaired) electrons. The van der Waals surface area contributed by atoms with Gasteiger partial charge in [0, 0.05) is 13.2 Å². The molecule has 0 saturated carbocycles. The largest absolute Gasteiger partial charge is 0.394 e. The summed E-state index contributed by atoms with van der Waals surface area (Å²) in [4.78, 5) is 8.71. The van der Waals surface area contributed by atoms with Crippen LogP contribution in [0.1, 0.15) is 24.2 Å². The molecule has 0 amide bonds. The van der Waals surface area contributed by atoms with E-state index in [1.807, 2.05) is 13.8 Å². The molecule has 2 rings (SSSR count). The summed E-state index contributed by atoms with van der Waals surface area (Å²) in [6.45, 7) is 5.30. The summed E-state index contributed by atoms with van der Waals surface area (Å²) < 4.78 is 5.32. The van der Waals surface area contributed by atoms with E-state index in [0.29, 0.717) is 13.2 Å². The Morgan fingerprint density at radius 2 is 2.06 bits per heavy atom. The monoisotopic (exact) mass is 237 g/mol. The van der Waals surface area contributed by atoms with Gasteiger partial charge in [-0.1, -0.05) is 0 Å². The molecule has 2 N–H and O–H groups in total. The Labute approximate surface area is 101 Å². The van der Waals surface area contributed by atoms with Crippen molar-refractivity contribution in [3.63, 3.8) is 0 Å². The number of rotatable bonds is 3. The lowest BCUT2D eigenvalue weighted by Crippen LogP contribution is -2.47. The molecule has 1 aliphatic rings. The molecular formula is C12H19N3O2. The number of aliphatic hydroxyl groups excluding tert-OH is 1. The second-order valence-electron chi connectivity index (χ2n) is 4.60. The molecule has 5 nitrogen and oxygen atoms in total. The highest BCUT2D eigenvalue weighted by molar-refractivity contribution is 5.37. The molecule has 5 heteroatoms. The summed E-state index contributed by atoms with van der Waals surface area (Å²) >= 11 is 0. The van der Waals surface area contributed by atoms with E-state index in [4.69, 9.17) is 4.74 Å². The van der Waals surface area contributed by atoms with Gasteiger partial charge in [-0.15, -0.1) is 0 Å². The van der Waals surface area contributed by atoms with Crippen LogP contribution >= 0.6 is 0 Å². The van der Waals surface area contributed by atoms with Gasteiger partial charge in [-0.2, -0.15) is 0 Å². The molecule has 17 heavy (non-hydrogen) atoms. The van der Waals surface area contributed by atoms with Crippen LogP contribution in [0.5, 0.6) is 0 Å². The Morgan fingerprint density at radius 1 is 1.35 bits per heavy atom. The molecule has 0 spiro atoms. The Hall–Kier alpha value is -1.20. The van der Waals surface area contributed by atoms with Crippen LogP contribution in [0.15, 0.2) is 6.20 Å². The quantitative estimate of drug-likeness (QED) is 0.822. The van der Waals surface area contributed by atoms with Crippen molar-refractivity contribution in [2.75, 3.05) is 25.1 Å². The zero-order valence-electron chi connectivity index (χ0n) is 10.4. The highest BCUT2D eigenvalue weighted by Gasteiger charge is 2.32. The predicted octanol–water partition coefficient (Wildman–Crippen LogP) is 1.05. The van der Waals surface area contributed by atoms with E-state index < -0.39 is 0 Å². The van der Waals surface area contributed by atoms with Gasteiger partial charge in [-0.25, -0.2) is 4.98 Å². The zero-order valence-corrected chi connectivity index (χ0v) is 10.4. The van der Waals surface area contributed by atoms with Crippen molar-refractivity contribution >= 4 is 5.82 Å². The van der Waals surface area contributed by atoms with Gasteiger partial charge in [-0.05, 0) is 26.7 Å². The maximum Gasteiger partial charge on any atom is 0.145 e. The first kappa shape index (κ1) is 12.3. The number of ether oxygens (including phenoxy) is 1. The number of hydrogen-bond acceptors (Lipinski definition) is 5. The van der Waals surface area contributed by atoms with Crippen LogP contribution in [0.4, 0.5) is 5.82 Å². The van der Waals surface area contributed by atoms with Gasteiger partial charge < -0.3 is 15.2 Å². The van der Waals surface area contributed by atoms with E-state index in [-0.39, 0.29) is 12.1 Å². The number of nitrogens with one attached hydrogen (secondary N) is 1. The normalized spacial score (nSPS) is 19.0. The molecule has 94 valence electrons. The van der Waals surface area contributed by atoms with Crippen LogP contribution in [-0.4, -0.2) is 40.4 Å². The van der Waals surface area contributed by atoms with Gasteiger partial charge >= 0.3 is 0 Å². The number of aliphatic hydroxyl groups is 1. The Balaban J connectivity index is 2.14. The average molecular weight is 237 g/mol. The minimum absolute atomic E-state index is 0.0883. The summed E-state index contributed by atoms with van der Waals surface area (Å²) in [5, 5.41) is 12.9. The molecule has 1 saturated heterocycles. The molecule has 0 unspecified atom stereocenters. The van der Waals surface area contributed by atoms with E-state index in [0.717, 1.165) is 30.0 Å². The summed E-state index contributed by atoms with van der Waals surface area (Å²) in [5.41, 5.74) is 1.53. The van der Waals surface area contributed by atoms with E-state index in [1.54, 1.807) is 6.20 Å². The van der Waals surface area contributed by atoms with Gasteiger partial charge in [0.05, 0.1) is 29.7 Å². The third-order valence-corrected chi connectivity index (χ3v) is 3.34. The fourth-order valence-corrected chi connectivity index (χ4v) is 1.96. The summed E-state index contributed by atoms with van der Waals surface area (Å²) in [7, 11) is 0. The molecule has 1 aromatic rings. The highest BCUT2D eigenvalue weighted by atomic mass is 16.5. The molecule has 0 atom stereocenters. The van der Waals surface area contributed by atoms with Gasteiger partial charge in [-0.3, -0.25) is 4.98 Å². The van der Waals surface area contributed by atoms with E-state index in [1.165, 1.54) is 0 Å². The van der Waals surface area contributed by atoms with Gasteiger partial charge in [0.2, 0.25) is 0 Å². The number of anilines is 1. The second-order valence-corrected chi connectivity index (χ2v) is 4.60. The fraction of sp³-hybridized carbons (Fsp3) is 0.667. The number of nitrogens with zero attached hydrogens (tertiary/aromatic N) is 2. The first-order valence-corrected chi connectivity index (χ1v) is 5.92. The summed E-state index contributed by atoms with van der Waals surface area (Å²) in [5.74, 6) is 0.726. The first-order chi connectivity index (χ1) is 8.15. The summed E-state index contributed by atoms with van der Waals surface area (Å²) in [6, 6.07) is 0. The van der Waals surface area contributed by atoms with Crippen molar-refractivity contribution in [2.24, 2.45) is 0 Å². The van der Waals surface area contributed by atoms with Crippen LogP contribution < -0.4 is 5.32 Å². The van der Waals surface area contributed by atoms with Crippen LogP contribution in [0.2, 0.25) is 0 Å². The van der Waals surface area contributed by atoms with Crippen molar-refractivity contribution in [1.29, 1.82) is 0 Å². The Morgan fingerprint density at radius 3 is 2.65 bits per heavy atom. The van der Waals surface area contributed by atoms with Crippen LogP contribution in [0, 0.1) is 13.8 Å². The lowest BCUT2D eigenvalue weighted by Gasteiger charge is -2.36. The SMILES string of the molecule is Cc1ncc(NC2(CO)CCOCC2)nc1C. The van der Waals surface area contributed by atoms with E-state index in [9.17, 15) is 5.11 Å². The second kappa shape index (κ2) is 4.98. The summed E-state index contributed by atoms with van der Waals surface area (Å²) in [6.07, 6.45) is 3.30. The van der Waals surface area contributed by atoms with Crippen LogP contribution in [-0.2, 0) is 4.74 Å². The average Bonchev–Trinajstić information content (AvgIpc) is 2.35. The van der Waals surface area contributed by atoms with Crippen LogP contribution in [0.25, 0.3) is 0 Å². The van der Waals surface area contributed by atoms with Crippen molar-refractivity contribution in [2.45, 2.75) is 32.2 Å². The zero-order chi connectivity index (χ0) is 12.3. The first-order valence-electron chi connectivity index (χ1n) is 5.92. The molecule has 0 aromatic carbocycles. The molecule has 1 aromatic heterocycles. The van der Waals surface area contributed by atoms with Gasteiger partial charge in [0.1, 0.15) is 5.82 Å². The smallest absolute Gasteiger partial charge is 0.145 e. The molecule has 1 aliphatic heterocycles. The third-order valence-electron chi connectivity index (χ3n) is 3.34. The van der Waals surface area contributed by atoms with Crippen LogP contribution in [0.3, 0.4) is 0 Å². The molecular weight excluding hydrogens is 218 g/mol. The number of hydrogen-bond donors (Lipinski definition) is 2. The van der Waals surface area contributed by atoms with Crippen molar-refractivity contribution in [3.05, 3.63) is 17.6 Å². The Kier molecular flexibility index (Phi) is 3.59. The van der Waals surface area contributed by atoms with E-state index in [2.05, 4.69) is 15.3 Å². The standard InChI is InChI=1S/C12H19N3O2/c1-9-10(2)14-11(7-13-9)15-12(8-16)3-5-17-6-4-12/h7,16H,3-6,8H2,1-2H3,(H,14,15). The van der Waals surface area contributed by atoms with E-state index >= 15 is 0 Å². The number of aryl methyl sites for hydroxylation is 2. The minimum atomic E-state index is -0.311. The lowest BCUT2D eigenvalue weighted by molar-refractivity contribution is 0.0378. The predicted molar refractivity (Wildman–Crippen MR) is 65.0 cm³/mol. The molecule has 2 heterocycles. The van der Waals surface area contributed by atoms with Gasteiger partial charge in [0.15, 0.2) is 0 Å². The van der Waals surface area contributed by atoms with Crippen molar-refractivity contribution < 1.29 is 9.84 Å². The molecule has 0 aliphatic carbocycles. The number of aromatic nitrogens is 2. The minimum Gasteiger partial charge on any atom is -0.394 e. The maximum atomic E-state index is 9.56. The lowest BCUT2D eigenvalue weighted by atomic mass is 9.91. The molecule has 0 bridgehead atoms. The molecule has 1 fully saturated rings. The van der Waals surface area contributed by atoms with Crippen molar-refractivity contribution in [3.8, 4) is 0 Å². The fourth-order valence-electron chi connectivity index (χ4n) is 1.96.